The average Bonchev–Trinajstić information content (AvgIpc) is 0. The second kappa shape index (κ2) is 54.4. The van der Waals surface area contributed by atoms with Crippen molar-refractivity contribution in [3.63, 3.8) is 0 Å². The second-order valence-corrected chi connectivity index (χ2v) is 0. The molecule has 0 fully saturated rings. The van der Waals surface area contributed by atoms with E-state index in [1.807, 2.05) is 0 Å². The van der Waals surface area contributed by atoms with E-state index in [1.54, 1.807) is 0 Å². The summed E-state index contributed by atoms with van der Waals surface area (Å²) < 4.78 is 0. The van der Waals surface area contributed by atoms with Gasteiger partial charge in [-0.15, -0.1) is 0 Å². The normalized spacial score (nSPS) is 0. The first-order valence-corrected chi connectivity index (χ1v) is 0. The summed E-state index contributed by atoms with van der Waals surface area (Å²) in [5.41, 5.74) is 0. The van der Waals surface area contributed by atoms with Crippen LogP contribution in [-0.2, 0) is 36.9 Å². The smallest absolute Gasteiger partial charge is 1.00 e. The third-order valence-electron chi connectivity index (χ3n) is 0. The van der Waals surface area contributed by atoms with E-state index in [0.29, 0.717) is 0 Å². The molecule has 0 atom stereocenters. The SMILES string of the molecule is [Cl-].[Cl-].[Cl-].[Cl-].[Ni+2].[Pd+2]. The predicted molar refractivity (Wildman–Crippen MR) is 0 cm³/mol. The number of rotatable bonds is 0. The van der Waals surface area contributed by atoms with Crippen LogP contribution in [0.3, 0.4) is 0 Å². The molecule has 0 bridgehead atoms. The van der Waals surface area contributed by atoms with E-state index >= 15 is 0 Å². The van der Waals surface area contributed by atoms with Gasteiger partial charge in [-0.2, -0.15) is 0 Å². The van der Waals surface area contributed by atoms with Crippen molar-refractivity contribution in [3.8, 4) is 0 Å². The first kappa shape index (κ1) is 83.0. The first-order valence-electron chi connectivity index (χ1n) is 0. The van der Waals surface area contributed by atoms with Crippen LogP contribution in [0.5, 0.6) is 0 Å². The summed E-state index contributed by atoms with van der Waals surface area (Å²) in [6.07, 6.45) is 0. The molecular formula is Cl4NiPd. The average molecular weight is 307 g/mol. The molecule has 0 amide bonds. The fraction of sp³-hybridized carbons (Fsp3) is 0. The van der Waals surface area contributed by atoms with Crippen LogP contribution in [0.25, 0.3) is 0 Å². The standard InChI is InChI=1S/4ClH.Ni.Pd/h4*1H;;/q;;;;2*+2/p-4. The molecule has 0 aromatic heterocycles. The van der Waals surface area contributed by atoms with E-state index in [2.05, 4.69) is 0 Å². The zero-order chi connectivity index (χ0) is 0. The van der Waals surface area contributed by atoms with Crippen LogP contribution in [-0.4, -0.2) is 0 Å². The molecule has 0 spiro atoms. The van der Waals surface area contributed by atoms with Crippen molar-refractivity contribution >= 4 is 0 Å². The summed E-state index contributed by atoms with van der Waals surface area (Å²) in [4.78, 5) is 0. The Balaban J connectivity index is 0. The van der Waals surface area contributed by atoms with Crippen LogP contribution in [0.1, 0.15) is 0 Å². The van der Waals surface area contributed by atoms with Crippen molar-refractivity contribution in [2.24, 2.45) is 0 Å². The molecule has 6 heteroatoms. The van der Waals surface area contributed by atoms with Gasteiger partial charge in [-0.25, -0.2) is 0 Å². The summed E-state index contributed by atoms with van der Waals surface area (Å²) in [5.74, 6) is 0. The Morgan fingerprint density at radius 1 is 0.500 bits per heavy atom. The third kappa shape index (κ3) is 33.3. The van der Waals surface area contributed by atoms with E-state index in [-0.39, 0.29) is 86.5 Å². The minimum absolute atomic E-state index is 0. The molecule has 0 aliphatic rings. The molecule has 0 saturated heterocycles. The van der Waals surface area contributed by atoms with Crippen molar-refractivity contribution in [1.82, 2.24) is 0 Å². The zero-order valence-electron chi connectivity index (χ0n) is 2.14. The van der Waals surface area contributed by atoms with Gasteiger partial charge in [0.1, 0.15) is 0 Å². The first-order chi connectivity index (χ1) is 0. The van der Waals surface area contributed by atoms with E-state index in [0.717, 1.165) is 0 Å². The summed E-state index contributed by atoms with van der Waals surface area (Å²) in [5, 5.41) is 0. The van der Waals surface area contributed by atoms with Crippen LogP contribution in [0.4, 0.5) is 0 Å². The fourth-order valence-electron chi connectivity index (χ4n) is 0. The van der Waals surface area contributed by atoms with Gasteiger partial charge in [0.25, 0.3) is 0 Å². The minimum Gasteiger partial charge on any atom is -1.00 e. The maximum atomic E-state index is 0. The molecule has 0 rings (SSSR count). The van der Waals surface area contributed by atoms with Crippen molar-refractivity contribution in [3.05, 3.63) is 0 Å². The van der Waals surface area contributed by atoms with Gasteiger partial charge in [0, 0.05) is 0 Å². The van der Waals surface area contributed by atoms with Gasteiger partial charge < -0.3 is 49.6 Å². The zero-order valence-corrected chi connectivity index (χ0v) is 7.71. The van der Waals surface area contributed by atoms with Crippen molar-refractivity contribution in [1.29, 1.82) is 0 Å². The van der Waals surface area contributed by atoms with Crippen molar-refractivity contribution in [2.45, 2.75) is 0 Å². The molecular weight excluding hydrogens is 307 g/mol. The molecule has 0 saturated carbocycles. The molecule has 6 heavy (non-hydrogen) atoms. The molecule has 0 unspecified atom stereocenters. The second-order valence-electron chi connectivity index (χ2n) is 0. The number of hydrogen-bond acceptors (Lipinski definition) is 0. The summed E-state index contributed by atoms with van der Waals surface area (Å²) in [6.45, 7) is 0. The van der Waals surface area contributed by atoms with Crippen LogP contribution >= 0.6 is 0 Å². The van der Waals surface area contributed by atoms with Gasteiger partial charge in [-0.05, 0) is 0 Å². The number of halogens is 4. The number of hydrogen-bond donors (Lipinski definition) is 0. The topological polar surface area (TPSA) is 0 Å². The van der Waals surface area contributed by atoms with Gasteiger partial charge in [-0.3, -0.25) is 0 Å². The van der Waals surface area contributed by atoms with Gasteiger partial charge >= 0.3 is 36.9 Å². The van der Waals surface area contributed by atoms with Gasteiger partial charge in [0.15, 0.2) is 0 Å². The van der Waals surface area contributed by atoms with E-state index < -0.39 is 0 Å². The maximum absolute atomic E-state index is 0. The minimum atomic E-state index is 0. The van der Waals surface area contributed by atoms with Gasteiger partial charge in [-0.1, -0.05) is 0 Å². The molecule has 0 nitrogen and oxygen atoms in total. The molecule has 0 aromatic rings. The van der Waals surface area contributed by atoms with Crippen molar-refractivity contribution in [2.75, 3.05) is 0 Å². The van der Waals surface area contributed by atoms with Crippen LogP contribution in [0.15, 0.2) is 0 Å². The maximum Gasteiger partial charge on any atom is 2.00 e. The summed E-state index contributed by atoms with van der Waals surface area (Å²) >= 11 is 0. The van der Waals surface area contributed by atoms with Crippen LogP contribution < -0.4 is 49.6 Å². The van der Waals surface area contributed by atoms with Gasteiger partial charge in [0.05, 0.1) is 0 Å². The largest absolute Gasteiger partial charge is 2.00 e. The van der Waals surface area contributed by atoms with E-state index in [9.17, 15) is 0 Å². The Kier molecular flexibility index (Phi) is 753. The Bertz CT molecular complexity index is 7.51. The Labute approximate surface area is 85.8 Å². The molecule has 0 heterocycles. The fourth-order valence-corrected chi connectivity index (χ4v) is 0. The predicted octanol–water partition coefficient (Wildman–Crippen LogP) is -12.0. The molecule has 48 valence electrons. The molecule has 0 aromatic carbocycles. The monoisotopic (exact) mass is 304 g/mol. The quantitative estimate of drug-likeness (QED) is 0.390. The van der Waals surface area contributed by atoms with Crippen LogP contribution in [0, 0.1) is 0 Å². The van der Waals surface area contributed by atoms with E-state index in [4.69, 9.17) is 0 Å². The van der Waals surface area contributed by atoms with Gasteiger partial charge in [0.2, 0.25) is 0 Å². The van der Waals surface area contributed by atoms with Crippen molar-refractivity contribution < 1.29 is 86.5 Å². The Morgan fingerprint density at radius 2 is 0.500 bits per heavy atom. The molecule has 0 aliphatic heterocycles. The summed E-state index contributed by atoms with van der Waals surface area (Å²) in [6, 6.07) is 0. The molecule has 0 aliphatic carbocycles. The summed E-state index contributed by atoms with van der Waals surface area (Å²) in [7, 11) is 0. The van der Waals surface area contributed by atoms with Crippen LogP contribution in [0.2, 0.25) is 0 Å². The molecule has 0 radical (unpaired) electrons. The van der Waals surface area contributed by atoms with E-state index in [1.165, 1.54) is 0 Å². The Hall–Kier alpha value is 2.32. The third-order valence-corrected chi connectivity index (χ3v) is 0. The Morgan fingerprint density at radius 3 is 0.500 bits per heavy atom. The molecule has 0 N–H and O–H groups in total.